The Bertz CT molecular complexity index is 888. The Kier molecular flexibility index (Phi) is 5.59. The summed E-state index contributed by atoms with van der Waals surface area (Å²) in [6.45, 7) is 0.542. The fourth-order valence-corrected chi connectivity index (χ4v) is 3.46. The molecule has 4 nitrogen and oxygen atoms in total. The normalized spacial score (nSPS) is 10.6. The lowest BCUT2D eigenvalue weighted by atomic mass is 10.2. The second kappa shape index (κ2) is 7.89. The Morgan fingerprint density at radius 2 is 1.69 bits per heavy atom. The number of thiazole rings is 1. The SMILES string of the molecule is CN(Cc1ccc(N(C)C)cc1)C(=O)c1csc(-c2ccc(Cl)cc2)n1. The van der Waals surface area contributed by atoms with E-state index >= 15 is 0 Å². The molecule has 3 aromatic rings. The minimum Gasteiger partial charge on any atom is -0.378 e. The largest absolute Gasteiger partial charge is 0.378 e. The van der Waals surface area contributed by atoms with Gasteiger partial charge in [0, 0.05) is 49.3 Å². The lowest BCUT2D eigenvalue weighted by Crippen LogP contribution is -2.26. The Labute approximate surface area is 162 Å². The number of rotatable bonds is 5. The van der Waals surface area contributed by atoms with Crippen LogP contribution in [-0.2, 0) is 6.54 Å². The van der Waals surface area contributed by atoms with Crippen LogP contribution in [0.25, 0.3) is 10.6 Å². The third-order valence-corrected chi connectivity index (χ3v) is 5.18. The molecule has 0 aliphatic rings. The molecule has 0 saturated heterocycles. The lowest BCUT2D eigenvalue weighted by Gasteiger charge is -2.17. The van der Waals surface area contributed by atoms with Gasteiger partial charge in [0.2, 0.25) is 0 Å². The van der Waals surface area contributed by atoms with E-state index < -0.39 is 0 Å². The van der Waals surface area contributed by atoms with Gasteiger partial charge in [-0.3, -0.25) is 4.79 Å². The molecule has 1 amide bonds. The molecule has 1 heterocycles. The number of carbonyl (C=O) groups is 1. The molecule has 6 heteroatoms. The van der Waals surface area contributed by atoms with E-state index in [1.54, 1.807) is 17.3 Å². The van der Waals surface area contributed by atoms with Crippen LogP contribution in [0.3, 0.4) is 0 Å². The van der Waals surface area contributed by atoms with E-state index in [0.29, 0.717) is 17.3 Å². The first kappa shape index (κ1) is 18.4. The molecular weight excluding hydrogens is 366 g/mol. The highest BCUT2D eigenvalue weighted by molar-refractivity contribution is 7.13. The smallest absolute Gasteiger partial charge is 0.273 e. The second-order valence-electron chi connectivity index (χ2n) is 6.27. The van der Waals surface area contributed by atoms with Crippen LogP contribution in [0.1, 0.15) is 16.1 Å². The molecule has 0 unspecified atom stereocenters. The van der Waals surface area contributed by atoms with Crippen molar-refractivity contribution in [1.29, 1.82) is 0 Å². The van der Waals surface area contributed by atoms with Gasteiger partial charge in [-0.05, 0) is 29.8 Å². The molecule has 0 spiro atoms. The summed E-state index contributed by atoms with van der Waals surface area (Å²) in [6.07, 6.45) is 0. The second-order valence-corrected chi connectivity index (χ2v) is 7.56. The zero-order valence-corrected chi connectivity index (χ0v) is 16.5. The van der Waals surface area contributed by atoms with E-state index in [2.05, 4.69) is 17.1 Å². The molecule has 3 rings (SSSR count). The van der Waals surface area contributed by atoms with Gasteiger partial charge in [0.25, 0.3) is 5.91 Å². The van der Waals surface area contributed by atoms with Crippen molar-refractivity contribution in [3.8, 4) is 10.6 Å². The number of hydrogen-bond donors (Lipinski definition) is 0. The van der Waals surface area contributed by atoms with Crippen LogP contribution in [0.2, 0.25) is 5.02 Å². The van der Waals surface area contributed by atoms with Crippen molar-refractivity contribution in [2.24, 2.45) is 0 Å². The van der Waals surface area contributed by atoms with Gasteiger partial charge in [0.1, 0.15) is 10.7 Å². The van der Waals surface area contributed by atoms with Crippen molar-refractivity contribution in [2.45, 2.75) is 6.54 Å². The van der Waals surface area contributed by atoms with Gasteiger partial charge in [-0.25, -0.2) is 4.98 Å². The zero-order chi connectivity index (χ0) is 18.7. The maximum absolute atomic E-state index is 12.7. The minimum absolute atomic E-state index is 0.0850. The molecule has 0 aliphatic heterocycles. The van der Waals surface area contributed by atoms with E-state index in [1.807, 2.05) is 55.4 Å². The summed E-state index contributed by atoms with van der Waals surface area (Å²) in [5.74, 6) is -0.0850. The molecular formula is C20H20ClN3OS. The van der Waals surface area contributed by atoms with Gasteiger partial charge in [-0.2, -0.15) is 0 Å². The molecule has 1 aromatic heterocycles. The van der Waals surface area contributed by atoms with Gasteiger partial charge < -0.3 is 9.80 Å². The molecule has 0 atom stereocenters. The first-order chi connectivity index (χ1) is 12.4. The topological polar surface area (TPSA) is 36.4 Å². The molecule has 26 heavy (non-hydrogen) atoms. The first-order valence-corrected chi connectivity index (χ1v) is 9.43. The highest BCUT2D eigenvalue weighted by Crippen LogP contribution is 2.25. The fourth-order valence-electron chi connectivity index (χ4n) is 2.54. The van der Waals surface area contributed by atoms with E-state index in [9.17, 15) is 4.79 Å². The number of nitrogens with zero attached hydrogens (tertiary/aromatic N) is 3. The van der Waals surface area contributed by atoms with Crippen molar-refractivity contribution in [2.75, 3.05) is 26.0 Å². The standard InChI is InChI=1S/C20H20ClN3OS/c1-23(2)17-10-4-14(5-11-17)12-24(3)20(25)18-13-26-19(22-18)15-6-8-16(21)9-7-15/h4-11,13H,12H2,1-3H3. The summed E-state index contributed by atoms with van der Waals surface area (Å²) in [5, 5.41) is 3.30. The molecule has 0 radical (unpaired) electrons. The summed E-state index contributed by atoms with van der Waals surface area (Å²) in [4.78, 5) is 20.9. The van der Waals surface area contributed by atoms with Crippen LogP contribution in [-0.4, -0.2) is 36.9 Å². The summed E-state index contributed by atoms with van der Waals surface area (Å²) >= 11 is 7.38. The van der Waals surface area contributed by atoms with E-state index in [4.69, 9.17) is 11.6 Å². The van der Waals surface area contributed by atoms with Gasteiger partial charge in [0.05, 0.1) is 0 Å². The third kappa shape index (κ3) is 4.23. The van der Waals surface area contributed by atoms with Crippen LogP contribution >= 0.6 is 22.9 Å². The Hall–Kier alpha value is -2.37. The van der Waals surface area contributed by atoms with Crippen molar-refractivity contribution in [3.63, 3.8) is 0 Å². The molecule has 134 valence electrons. The van der Waals surface area contributed by atoms with Crippen LogP contribution in [0.5, 0.6) is 0 Å². The summed E-state index contributed by atoms with van der Waals surface area (Å²) in [5.41, 5.74) is 3.64. The van der Waals surface area contributed by atoms with Gasteiger partial charge in [-0.1, -0.05) is 35.9 Å². The molecule has 2 aromatic carbocycles. The predicted molar refractivity (Wildman–Crippen MR) is 109 cm³/mol. The number of hydrogen-bond acceptors (Lipinski definition) is 4. The van der Waals surface area contributed by atoms with E-state index in [0.717, 1.165) is 21.8 Å². The highest BCUT2D eigenvalue weighted by Gasteiger charge is 2.16. The maximum Gasteiger partial charge on any atom is 0.273 e. The maximum atomic E-state index is 12.7. The molecule has 0 bridgehead atoms. The number of halogens is 1. The summed E-state index contributed by atoms with van der Waals surface area (Å²) < 4.78 is 0. The average Bonchev–Trinajstić information content (AvgIpc) is 3.12. The number of benzene rings is 2. The van der Waals surface area contributed by atoms with Crippen LogP contribution < -0.4 is 4.90 Å². The minimum atomic E-state index is -0.0850. The van der Waals surface area contributed by atoms with Gasteiger partial charge >= 0.3 is 0 Å². The van der Waals surface area contributed by atoms with E-state index in [1.165, 1.54) is 11.3 Å². The number of amides is 1. The van der Waals surface area contributed by atoms with Crippen molar-refractivity contribution >= 4 is 34.5 Å². The van der Waals surface area contributed by atoms with Crippen LogP contribution in [0.4, 0.5) is 5.69 Å². The van der Waals surface area contributed by atoms with Crippen LogP contribution in [0.15, 0.2) is 53.9 Å². The number of anilines is 1. The zero-order valence-electron chi connectivity index (χ0n) is 14.9. The summed E-state index contributed by atoms with van der Waals surface area (Å²) in [7, 11) is 5.81. The summed E-state index contributed by atoms with van der Waals surface area (Å²) in [6, 6.07) is 15.6. The van der Waals surface area contributed by atoms with Crippen molar-refractivity contribution < 1.29 is 4.79 Å². The van der Waals surface area contributed by atoms with E-state index in [-0.39, 0.29) is 5.91 Å². The molecule has 0 saturated carbocycles. The number of carbonyl (C=O) groups excluding carboxylic acids is 1. The predicted octanol–water partition coefficient (Wildman–Crippen LogP) is 4.80. The Morgan fingerprint density at radius 3 is 2.31 bits per heavy atom. The highest BCUT2D eigenvalue weighted by atomic mass is 35.5. The quantitative estimate of drug-likeness (QED) is 0.632. The van der Waals surface area contributed by atoms with Crippen molar-refractivity contribution in [3.05, 3.63) is 70.2 Å². The molecule has 0 fully saturated rings. The monoisotopic (exact) mass is 385 g/mol. The van der Waals surface area contributed by atoms with Gasteiger partial charge in [0.15, 0.2) is 0 Å². The van der Waals surface area contributed by atoms with Gasteiger partial charge in [-0.15, -0.1) is 11.3 Å². The van der Waals surface area contributed by atoms with Crippen molar-refractivity contribution in [1.82, 2.24) is 9.88 Å². The fraction of sp³-hybridized carbons (Fsp3) is 0.200. The molecule has 0 N–H and O–H groups in total. The van der Waals surface area contributed by atoms with Crippen LogP contribution in [0, 0.1) is 0 Å². The first-order valence-electron chi connectivity index (χ1n) is 8.17. The third-order valence-electron chi connectivity index (χ3n) is 4.03. The average molecular weight is 386 g/mol. The Morgan fingerprint density at radius 1 is 1.04 bits per heavy atom. The molecule has 0 aliphatic carbocycles. The number of aromatic nitrogens is 1. The lowest BCUT2D eigenvalue weighted by molar-refractivity contribution is 0.0780. The Balaban J connectivity index is 1.69.